The van der Waals surface area contributed by atoms with E-state index < -0.39 is 0 Å². The third-order valence-electron chi connectivity index (χ3n) is 6.25. The van der Waals surface area contributed by atoms with Crippen molar-refractivity contribution < 1.29 is 0 Å². The maximum absolute atomic E-state index is 6.18. The zero-order valence-electron chi connectivity index (χ0n) is 11.7. The van der Waals surface area contributed by atoms with Crippen LogP contribution in [-0.4, -0.2) is 6.54 Å². The Bertz CT molecular complexity index is 410. The lowest BCUT2D eigenvalue weighted by atomic mass is 9.49. The fourth-order valence-corrected chi connectivity index (χ4v) is 5.84. The Morgan fingerprint density at radius 3 is 2.00 bits per heavy atom. The quantitative estimate of drug-likeness (QED) is 0.873. The summed E-state index contributed by atoms with van der Waals surface area (Å²) >= 11 is 0. The van der Waals surface area contributed by atoms with E-state index in [2.05, 4.69) is 30.3 Å². The summed E-state index contributed by atoms with van der Waals surface area (Å²) in [5.41, 5.74) is 7.67. The molecule has 5 rings (SSSR count). The van der Waals surface area contributed by atoms with Crippen molar-refractivity contribution in [3.63, 3.8) is 0 Å². The van der Waals surface area contributed by atoms with Crippen LogP contribution >= 0.6 is 0 Å². The van der Waals surface area contributed by atoms with Gasteiger partial charge in [0, 0.05) is 0 Å². The lowest BCUT2D eigenvalue weighted by Crippen LogP contribution is -2.48. The lowest BCUT2D eigenvalue weighted by molar-refractivity contribution is -0.0467. The summed E-state index contributed by atoms with van der Waals surface area (Å²) in [5.74, 6) is 5.56. The average molecular weight is 255 g/mol. The minimum atomic E-state index is 0.608. The van der Waals surface area contributed by atoms with Crippen molar-refractivity contribution in [3.8, 4) is 0 Å². The first-order valence-corrected chi connectivity index (χ1v) is 8.10. The largest absolute Gasteiger partial charge is 0.330 e. The standard InChI is InChI=1S/C18H25N/c19-11-17(14-4-2-1-3-5-14)18-15-7-12-6-13(9-15)10-16(18)8-12/h1-5,12-13,15-18H,6-11,19H2. The monoisotopic (exact) mass is 255 g/mol. The van der Waals surface area contributed by atoms with Gasteiger partial charge in [-0.2, -0.15) is 0 Å². The van der Waals surface area contributed by atoms with Crippen LogP contribution in [0.1, 0.15) is 43.6 Å². The third-order valence-corrected chi connectivity index (χ3v) is 6.25. The highest BCUT2D eigenvalue weighted by molar-refractivity contribution is 5.22. The molecule has 0 amide bonds. The first kappa shape index (κ1) is 12.0. The van der Waals surface area contributed by atoms with Gasteiger partial charge in [0.1, 0.15) is 0 Å². The average Bonchev–Trinajstić information content (AvgIpc) is 2.43. The Morgan fingerprint density at radius 2 is 1.47 bits per heavy atom. The summed E-state index contributed by atoms with van der Waals surface area (Å²) in [6.45, 7) is 0.830. The van der Waals surface area contributed by atoms with Crippen molar-refractivity contribution in [1.29, 1.82) is 0 Å². The zero-order chi connectivity index (χ0) is 12.8. The molecule has 4 aliphatic rings. The minimum absolute atomic E-state index is 0.608. The van der Waals surface area contributed by atoms with Gasteiger partial charge in [0.2, 0.25) is 0 Å². The predicted molar refractivity (Wildman–Crippen MR) is 78.8 cm³/mol. The molecule has 1 heteroatoms. The van der Waals surface area contributed by atoms with Crippen LogP contribution in [0.25, 0.3) is 0 Å². The van der Waals surface area contributed by atoms with Gasteiger partial charge < -0.3 is 5.73 Å². The van der Waals surface area contributed by atoms with Gasteiger partial charge in [-0.1, -0.05) is 30.3 Å². The van der Waals surface area contributed by atoms with Crippen molar-refractivity contribution in [2.24, 2.45) is 35.3 Å². The van der Waals surface area contributed by atoms with Gasteiger partial charge in [-0.3, -0.25) is 0 Å². The fourth-order valence-electron chi connectivity index (χ4n) is 5.84. The number of rotatable bonds is 3. The van der Waals surface area contributed by atoms with Gasteiger partial charge in [-0.25, -0.2) is 0 Å². The van der Waals surface area contributed by atoms with E-state index in [4.69, 9.17) is 5.73 Å². The van der Waals surface area contributed by atoms with Crippen molar-refractivity contribution >= 4 is 0 Å². The molecule has 0 saturated heterocycles. The van der Waals surface area contributed by atoms with Gasteiger partial charge >= 0.3 is 0 Å². The maximum Gasteiger partial charge on any atom is -0.000525 e. The normalized spacial score (nSPS) is 41.4. The number of hydrogen-bond acceptors (Lipinski definition) is 1. The van der Waals surface area contributed by atoms with Crippen LogP contribution in [0.5, 0.6) is 0 Å². The SMILES string of the molecule is NCC(c1ccccc1)C1C2CC3CC(C2)CC1C3. The van der Waals surface area contributed by atoms with Gasteiger partial charge in [0.25, 0.3) is 0 Å². The van der Waals surface area contributed by atoms with Crippen molar-refractivity contribution in [2.45, 2.75) is 38.0 Å². The van der Waals surface area contributed by atoms with Crippen LogP contribution in [-0.2, 0) is 0 Å². The van der Waals surface area contributed by atoms with Crippen LogP contribution in [0.3, 0.4) is 0 Å². The van der Waals surface area contributed by atoms with Crippen molar-refractivity contribution in [3.05, 3.63) is 35.9 Å². The number of nitrogens with two attached hydrogens (primary N) is 1. The van der Waals surface area contributed by atoms with E-state index in [1.54, 1.807) is 6.42 Å². The highest BCUT2D eigenvalue weighted by Crippen LogP contribution is 2.59. The van der Waals surface area contributed by atoms with Gasteiger partial charge in [-0.05, 0) is 79.7 Å². The van der Waals surface area contributed by atoms with Crippen molar-refractivity contribution in [2.75, 3.05) is 6.54 Å². The van der Waals surface area contributed by atoms with E-state index in [1.165, 1.54) is 31.2 Å². The van der Waals surface area contributed by atoms with Crippen molar-refractivity contribution in [1.82, 2.24) is 0 Å². The molecule has 4 fully saturated rings. The van der Waals surface area contributed by atoms with E-state index in [-0.39, 0.29) is 0 Å². The van der Waals surface area contributed by atoms with Crippen LogP contribution in [0.15, 0.2) is 30.3 Å². The second-order valence-electron chi connectivity index (χ2n) is 7.26. The number of benzene rings is 1. The molecule has 0 radical (unpaired) electrons. The molecule has 4 aliphatic carbocycles. The minimum Gasteiger partial charge on any atom is -0.330 e. The summed E-state index contributed by atoms with van der Waals surface area (Å²) in [7, 11) is 0. The Hall–Kier alpha value is -0.820. The van der Waals surface area contributed by atoms with Gasteiger partial charge in [0.15, 0.2) is 0 Å². The molecule has 102 valence electrons. The molecule has 4 bridgehead atoms. The fraction of sp³-hybridized carbons (Fsp3) is 0.667. The summed E-state index contributed by atoms with van der Waals surface area (Å²) < 4.78 is 0. The lowest BCUT2D eigenvalue weighted by Gasteiger charge is -2.56. The van der Waals surface area contributed by atoms with Crippen LogP contribution in [0, 0.1) is 29.6 Å². The summed E-state index contributed by atoms with van der Waals surface area (Å²) in [6, 6.07) is 11.1. The van der Waals surface area contributed by atoms with E-state index in [0.29, 0.717) is 5.92 Å². The molecule has 0 aromatic heterocycles. The predicted octanol–water partition coefficient (Wildman–Crippen LogP) is 3.80. The Labute approximate surface area is 116 Å². The molecular weight excluding hydrogens is 230 g/mol. The molecule has 19 heavy (non-hydrogen) atoms. The van der Waals surface area contributed by atoms with Crippen LogP contribution in [0.4, 0.5) is 0 Å². The highest BCUT2D eigenvalue weighted by atomic mass is 14.6. The molecule has 2 N–H and O–H groups in total. The molecule has 1 nitrogen and oxygen atoms in total. The van der Waals surface area contributed by atoms with E-state index in [9.17, 15) is 0 Å². The molecule has 1 aromatic rings. The second-order valence-corrected chi connectivity index (χ2v) is 7.26. The smallest absolute Gasteiger partial charge is 0.000525 e. The van der Waals surface area contributed by atoms with Gasteiger partial charge in [0.05, 0.1) is 0 Å². The molecule has 0 aliphatic heterocycles. The zero-order valence-corrected chi connectivity index (χ0v) is 11.7. The van der Waals surface area contributed by atoms with E-state index >= 15 is 0 Å². The molecule has 1 unspecified atom stereocenters. The van der Waals surface area contributed by atoms with Gasteiger partial charge in [-0.15, -0.1) is 0 Å². The Morgan fingerprint density at radius 1 is 0.895 bits per heavy atom. The first-order chi connectivity index (χ1) is 9.35. The maximum atomic E-state index is 6.18. The number of hydrogen-bond donors (Lipinski definition) is 1. The summed E-state index contributed by atoms with van der Waals surface area (Å²) in [4.78, 5) is 0. The van der Waals surface area contributed by atoms with Crippen LogP contribution in [0.2, 0.25) is 0 Å². The van der Waals surface area contributed by atoms with Crippen LogP contribution < -0.4 is 5.73 Å². The topological polar surface area (TPSA) is 26.0 Å². The first-order valence-electron chi connectivity index (χ1n) is 8.10. The highest BCUT2D eigenvalue weighted by Gasteiger charge is 2.50. The molecule has 1 aromatic carbocycles. The molecule has 0 spiro atoms. The molecule has 1 atom stereocenters. The Balaban J connectivity index is 1.64. The van der Waals surface area contributed by atoms with E-state index in [0.717, 1.165) is 36.1 Å². The summed E-state index contributed by atoms with van der Waals surface area (Å²) in [6.07, 6.45) is 7.54. The summed E-state index contributed by atoms with van der Waals surface area (Å²) in [5, 5.41) is 0. The molecule has 0 heterocycles. The second kappa shape index (κ2) is 4.63. The van der Waals surface area contributed by atoms with E-state index in [1.807, 2.05) is 0 Å². The molecular formula is C18H25N. The third kappa shape index (κ3) is 1.94. The molecule has 4 saturated carbocycles. The Kier molecular flexibility index (Phi) is 2.91.